The van der Waals surface area contributed by atoms with Crippen molar-refractivity contribution in [2.24, 2.45) is 0 Å². The molecule has 2 N–H and O–H groups in total. The molecular weight excluding hydrogens is 304 g/mol. The van der Waals surface area contributed by atoms with E-state index in [0.29, 0.717) is 11.6 Å². The van der Waals surface area contributed by atoms with Crippen molar-refractivity contribution >= 4 is 11.6 Å². The molecule has 1 heterocycles. The van der Waals surface area contributed by atoms with Crippen LogP contribution in [-0.2, 0) is 0 Å². The fourth-order valence-corrected chi connectivity index (χ4v) is 2.70. The topological polar surface area (TPSA) is 56.2 Å². The number of halogens is 1. The molecule has 0 amide bonds. The second-order valence-corrected chi connectivity index (χ2v) is 6.15. The first-order valence-corrected chi connectivity index (χ1v) is 8.09. The number of aliphatic hydroxyl groups is 2. The molecule has 6 heteroatoms. The van der Waals surface area contributed by atoms with Crippen LogP contribution in [0.2, 0.25) is 5.02 Å². The highest BCUT2D eigenvalue weighted by atomic mass is 35.5. The Morgan fingerprint density at radius 2 is 1.91 bits per heavy atom. The molecule has 1 aliphatic rings. The zero-order valence-corrected chi connectivity index (χ0v) is 13.8. The van der Waals surface area contributed by atoms with Gasteiger partial charge in [-0.3, -0.25) is 9.80 Å². The third-order valence-electron chi connectivity index (χ3n) is 3.92. The van der Waals surface area contributed by atoms with E-state index in [-0.39, 0.29) is 13.2 Å². The van der Waals surface area contributed by atoms with E-state index in [9.17, 15) is 5.11 Å². The van der Waals surface area contributed by atoms with Crippen molar-refractivity contribution in [2.45, 2.75) is 13.0 Å². The Kier molecular flexibility index (Phi) is 6.92. The smallest absolute Gasteiger partial charge is 0.119 e. The maximum atomic E-state index is 10.1. The van der Waals surface area contributed by atoms with Gasteiger partial charge < -0.3 is 14.9 Å². The van der Waals surface area contributed by atoms with Crippen molar-refractivity contribution < 1.29 is 14.9 Å². The van der Waals surface area contributed by atoms with E-state index in [4.69, 9.17) is 21.4 Å². The first-order valence-electron chi connectivity index (χ1n) is 7.71. The summed E-state index contributed by atoms with van der Waals surface area (Å²) in [7, 11) is 0. The van der Waals surface area contributed by atoms with E-state index in [2.05, 4.69) is 9.80 Å². The minimum Gasteiger partial charge on any atom is -0.491 e. The second kappa shape index (κ2) is 8.70. The van der Waals surface area contributed by atoms with Crippen LogP contribution in [0.4, 0.5) is 0 Å². The normalized spacial score (nSPS) is 18.4. The lowest BCUT2D eigenvalue weighted by molar-refractivity contribution is 0.0428. The lowest BCUT2D eigenvalue weighted by Crippen LogP contribution is -2.49. The first-order chi connectivity index (χ1) is 10.6. The Hall–Kier alpha value is -0.850. The van der Waals surface area contributed by atoms with Gasteiger partial charge >= 0.3 is 0 Å². The van der Waals surface area contributed by atoms with Crippen molar-refractivity contribution in [3.05, 3.63) is 28.8 Å². The third-order valence-corrected chi connectivity index (χ3v) is 4.35. The summed E-state index contributed by atoms with van der Waals surface area (Å²) >= 11 is 5.98. The van der Waals surface area contributed by atoms with Gasteiger partial charge in [-0.1, -0.05) is 11.6 Å². The quantitative estimate of drug-likeness (QED) is 0.782. The minimum absolute atomic E-state index is 0.205. The van der Waals surface area contributed by atoms with Gasteiger partial charge in [-0.05, 0) is 30.7 Å². The lowest BCUT2D eigenvalue weighted by Gasteiger charge is -2.35. The summed E-state index contributed by atoms with van der Waals surface area (Å²) in [5.74, 6) is 0.730. The fraction of sp³-hybridized carbons (Fsp3) is 0.625. The molecule has 0 spiro atoms. The van der Waals surface area contributed by atoms with Gasteiger partial charge in [0.1, 0.15) is 18.5 Å². The molecule has 1 saturated heterocycles. The van der Waals surface area contributed by atoms with Gasteiger partial charge in [0.25, 0.3) is 0 Å². The Morgan fingerprint density at radius 3 is 2.55 bits per heavy atom. The summed E-state index contributed by atoms with van der Waals surface area (Å²) in [4.78, 5) is 4.46. The lowest BCUT2D eigenvalue weighted by atomic mass is 10.2. The third kappa shape index (κ3) is 5.41. The van der Waals surface area contributed by atoms with Gasteiger partial charge in [0.2, 0.25) is 0 Å². The molecule has 1 aromatic carbocycles. The number of piperazine rings is 1. The number of aryl methyl sites for hydroxylation is 1. The van der Waals surface area contributed by atoms with Gasteiger partial charge in [0.05, 0.1) is 6.61 Å². The van der Waals surface area contributed by atoms with Crippen LogP contribution in [0.3, 0.4) is 0 Å². The summed E-state index contributed by atoms with van der Waals surface area (Å²) < 4.78 is 5.63. The molecule has 0 saturated carbocycles. The number of rotatable bonds is 7. The van der Waals surface area contributed by atoms with Crippen molar-refractivity contribution in [3.63, 3.8) is 0 Å². The number of ether oxygens (including phenoxy) is 1. The monoisotopic (exact) mass is 328 g/mol. The Bertz CT molecular complexity index is 465. The zero-order valence-electron chi connectivity index (χ0n) is 13.0. The summed E-state index contributed by atoms with van der Waals surface area (Å²) in [5.41, 5.74) is 0.966. The second-order valence-electron chi connectivity index (χ2n) is 5.74. The molecule has 1 aliphatic heterocycles. The predicted octanol–water partition coefficient (Wildman–Crippen LogP) is 0.998. The minimum atomic E-state index is -0.514. The van der Waals surface area contributed by atoms with E-state index in [1.807, 2.05) is 19.1 Å². The average Bonchev–Trinajstić information content (AvgIpc) is 2.51. The summed E-state index contributed by atoms with van der Waals surface area (Å²) in [6.45, 7) is 7.45. The number of hydrogen-bond donors (Lipinski definition) is 2. The van der Waals surface area contributed by atoms with Crippen molar-refractivity contribution in [3.8, 4) is 5.75 Å². The van der Waals surface area contributed by atoms with E-state index in [1.54, 1.807) is 6.07 Å². The molecule has 1 fully saturated rings. The van der Waals surface area contributed by atoms with Crippen molar-refractivity contribution in [1.29, 1.82) is 0 Å². The molecule has 5 nitrogen and oxygen atoms in total. The first kappa shape index (κ1) is 17.5. The Morgan fingerprint density at radius 1 is 1.23 bits per heavy atom. The number of benzene rings is 1. The molecule has 124 valence electrons. The van der Waals surface area contributed by atoms with Gasteiger partial charge in [0.15, 0.2) is 0 Å². The van der Waals surface area contributed by atoms with Crippen LogP contribution in [0, 0.1) is 6.92 Å². The molecule has 22 heavy (non-hydrogen) atoms. The zero-order chi connectivity index (χ0) is 15.9. The SMILES string of the molecule is Cc1cc(OC[C@@H](O)CN2CCN(CCO)CC2)ccc1Cl. The fourth-order valence-electron chi connectivity index (χ4n) is 2.59. The van der Waals surface area contributed by atoms with E-state index < -0.39 is 6.10 Å². The Labute approximate surface area is 137 Å². The van der Waals surface area contributed by atoms with E-state index >= 15 is 0 Å². The highest BCUT2D eigenvalue weighted by Crippen LogP contribution is 2.21. The highest BCUT2D eigenvalue weighted by Gasteiger charge is 2.19. The maximum absolute atomic E-state index is 10.1. The molecule has 0 unspecified atom stereocenters. The molecule has 0 aliphatic carbocycles. The van der Waals surface area contributed by atoms with Gasteiger partial charge in [-0.15, -0.1) is 0 Å². The molecule has 1 aromatic rings. The van der Waals surface area contributed by atoms with Crippen molar-refractivity contribution in [1.82, 2.24) is 9.80 Å². The van der Waals surface area contributed by atoms with Gasteiger partial charge in [-0.2, -0.15) is 0 Å². The van der Waals surface area contributed by atoms with Gasteiger partial charge in [0, 0.05) is 44.3 Å². The summed E-state index contributed by atoms with van der Waals surface area (Å²) in [6, 6.07) is 5.50. The van der Waals surface area contributed by atoms with Gasteiger partial charge in [-0.25, -0.2) is 0 Å². The van der Waals surface area contributed by atoms with Crippen LogP contribution in [-0.4, -0.2) is 78.6 Å². The number of β-amino-alcohol motifs (C(OH)–C–C–N with tert-alkyl or cyclic N) is 2. The number of aliphatic hydroxyl groups excluding tert-OH is 2. The Balaban J connectivity index is 1.69. The molecule has 2 rings (SSSR count). The van der Waals surface area contributed by atoms with E-state index in [1.165, 1.54) is 0 Å². The highest BCUT2D eigenvalue weighted by molar-refractivity contribution is 6.31. The molecule has 0 radical (unpaired) electrons. The van der Waals surface area contributed by atoms with Crippen molar-refractivity contribution in [2.75, 3.05) is 52.5 Å². The molecule has 0 bridgehead atoms. The average molecular weight is 329 g/mol. The number of hydrogen-bond acceptors (Lipinski definition) is 5. The predicted molar refractivity (Wildman–Crippen MR) is 87.7 cm³/mol. The van der Waals surface area contributed by atoms with Crippen LogP contribution in [0.1, 0.15) is 5.56 Å². The summed E-state index contributed by atoms with van der Waals surface area (Å²) in [5, 5.41) is 19.8. The van der Waals surface area contributed by atoms with Crippen LogP contribution in [0.5, 0.6) is 5.75 Å². The van der Waals surface area contributed by atoms with Crippen LogP contribution >= 0.6 is 11.6 Å². The van der Waals surface area contributed by atoms with Crippen LogP contribution in [0.15, 0.2) is 18.2 Å². The largest absolute Gasteiger partial charge is 0.491 e. The molecule has 1 atom stereocenters. The maximum Gasteiger partial charge on any atom is 0.119 e. The van der Waals surface area contributed by atoms with Crippen LogP contribution in [0.25, 0.3) is 0 Å². The number of nitrogens with zero attached hydrogens (tertiary/aromatic N) is 2. The van der Waals surface area contributed by atoms with E-state index in [0.717, 1.165) is 44.0 Å². The summed E-state index contributed by atoms with van der Waals surface area (Å²) in [6.07, 6.45) is -0.514. The molecular formula is C16H25ClN2O3. The molecule has 0 aromatic heterocycles. The van der Waals surface area contributed by atoms with Crippen LogP contribution < -0.4 is 4.74 Å². The standard InChI is InChI=1S/C16H25ClN2O3/c1-13-10-15(2-3-16(13)17)22-12-14(21)11-19-6-4-18(5-7-19)8-9-20/h2-3,10,14,20-21H,4-9,11-12H2,1H3/t14-/m0/s1.